The summed E-state index contributed by atoms with van der Waals surface area (Å²) in [5.74, 6) is 1.83. The molecule has 0 amide bonds. The fraction of sp³-hybridized carbons (Fsp3) is 0.643. The molecule has 0 fully saturated rings. The molecule has 4 heteroatoms. The third kappa shape index (κ3) is 5.27. The third-order valence-electron chi connectivity index (χ3n) is 2.79. The van der Waals surface area contributed by atoms with Crippen LogP contribution in [0.15, 0.2) is 18.5 Å². The Morgan fingerprint density at radius 2 is 2.22 bits per heavy atom. The number of rotatable bonds is 8. The molecule has 0 aliphatic heterocycles. The molecule has 0 aliphatic carbocycles. The minimum atomic E-state index is 0.680. The van der Waals surface area contributed by atoms with Crippen molar-refractivity contribution in [3.63, 3.8) is 0 Å². The second kappa shape index (κ2) is 8.38. The van der Waals surface area contributed by atoms with Gasteiger partial charge < -0.3 is 10.2 Å². The zero-order valence-corrected chi connectivity index (χ0v) is 12.8. The molecule has 0 spiro atoms. The van der Waals surface area contributed by atoms with Gasteiger partial charge >= 0.3 is 0 Å². The third-order valence-corrected chi connectivity index (χ3v) is 3.38. The van der Waals surface area contributed by atoms with E-state index in [0.29, 0.717) is 5.92 Å². The Labute approximate surface area is 115 Å². The van der Waals surface area contributed by atoms with Gasteiger partial charge in [0, 0.05) is 49.5 Å². The Morgan fingerprint density at radius 1 is 1.44 bits per heavy atom. The van der Waals surface area contributed by atoms with Gasteiger partial charge in [0.1, 0.15) is 0 Å². The van der Waals surface area contributed by atoms with E-state index in [1.807, 2.05) is 24.2 Å². The predicted molar refractivity (Wildman–Crippen MR) is 82.4 cm³/mol. The van der Waals surface area contributed by atoms with Crippen molar-refractivity contribution in [1.82, 2.24) is 10.3 Å². The first-order chi connectivity index (χ1) is 8.65. The minimum Gasteiger partial charge on any atom is -0.373 e. The molecule has 18 heavy (non-hydrogen) atoms. The highest BCUT2D eigenvalue weighted by Gasteiger charge is 2.07. The van der Waals surface area contributed by atoms with Crippen molar-refractivity contribution in [3.8, 4) is 0 Å². The average Bonchev–Trinajstić information content (AvgIpc) is 2.36. The van der Waals surface area contributed by atoms with E-state index < -0.39 is 0 Å². The summed E-state index contributed by atoms with van der Waals surface area (Å²) >= 11 is 1.88. The van der Waals surface area contributed by atoms with Crippen LogP contribution in [0.3, 0.4) is 0 Å². The van der Waals surface area contributed by atoms with Crippen LogP contribution in [-0.2, 0) is 6.54 Å². The summed E-state index contributed by atoms with van der Waals surface area (Å²) < 4.78 is 0. The van der Waals surface area contributed by atoms with E-state index in [9.17, 15) is 0 Å². The molecule has 102 valence electrons. The van der Waals surface area contributed by atoms with Gasteiger partial charge in [-0.05, 0) is 24.8 Å². The molecule has 1 aromatic heterocycles. The van der Waals surface area contributed by atoms with Crippen LogP contribution in [-0.4, -0.2) is 37.1 Å². The molecule has 0 atom stereocenters. The maximum Gasteiger partial charge on any atom is 0.0440 e. The van der Waals surface area contributed by atoms with Gasteiger partial charge in [0.15, 0.2) is 0 Å². The van der Waals surface area contributed by atoms with Crippen LogP contribution in [0.1, 0.15) is 19.4 Å². The maximum absolute atomic E-state index is 4.23. The van der Waals surface area contributed by atoms with Crippen LogP contribution in [0.2, 0.25) is 0 Å². The Bertz CT molecular complexity index is 342. The molecule has 1 rings (SSSR count). The number of hydrogen-bond acceptors (Lipinski definition) is 4. The molecular formula is C14H25N3S. The molecule has 0 unspecified atom stereocenters. The fourth-order valence-electron chi connectivity index (χ4n) is 1.77. The largest absolute Gasteiger partial charge is 0.373 e. The molecule has 1 aromatic rings. The SMILES string of the molecule is CSCCN(C)c1ccncc1CNCC(C)C. The molecule has 1 heterocycles. The first-order valence-corrected chi connectivity index (χ1v) is 7.88. The summed E-state index contributed by atoms with van der Waals surface area (Å²) in [6.07, 6.45) is 5.99. The van der Waals surface area contributed by atoms with Gasteiger partial charge in [-0.15, -0.1) is 0 Å². The standard InChI is InChI=1S/C14H25N3S/c1-12(2)9-16-11-13-10-15-6-5-14(13)17(3)7-8-18-4/h5-6,10,12,16H,7-9,11H2,1-4H3. The number of hydrogen-bond donors (Lipinski definition) is 1. The highest BCUT2D eigenvalue weighted by atomic mass is 32.2. The van der Waals surface area contributed by atoms with Crippen LogP contribution in [0, 0.1) is 5.92 Å². The van der Waals surface area contributed by atoms with Gasteiger partial charge in [-0.3, -0.25) is 4.98 Å². The van der Waals surface area contributed by atoms with Gasteiger partial charge in [-0.2, -0.15) is 11.8 Å². The molecule has 0 aliphatic rings. The van der Waals surface area contributed by atoms with Crippen molar-refractivity contribution in [1.29, 1.82) is 0 Å². The summed E-state index contributed by atoms with van der Waals surface area (Å²) in [5, 5.41) is 3.48. The fourth-order valence-corrected chi connectivity index (χ4v) is 2.23. The molecule has 0 aromatic carbocycles. The van der Waals surface area contributed by atoms with Crippen molar-refractivity contribution in [2.75, 3.05) is 37.0 Å². The molecule has 1 N–H and O–H groups in total. The molecular weight excluding hydrogens is 242 g/mol. The highest BCUT2D eigenvalue weighted by Crippen LogP contribution is 2.18. The topological polar surface area (TPSA) is 28.2 Å². The number of nitrogens with one attached hydrogen (secondary N) is 1. The molecule has 0 radical (unpaired) electrons. The summed E-state index contributed by atoms with van der Waals surface area (Å²) in [5.41, 5.74) is 2.57. The van der Waals surface area contributed by atoms with Crippen LogP contribution < -0.4 is 10.2 Å². The number of aromatic nitrogens is 1. The van der Waals surface area contributed by atoms with E-state index >= 15 is 0 Å². The summed E-state index contributed by atoms with van der Waals surface area (Å²) in [6, 6.07) is 2.10. The van der Waals surface area contributed by atoms with E-state index in [2.05, 4.69) is 48.4 Å². The molecule has 0 saturated heterocycles. The second-order valence-corrected chi connectivity index (χ2v) is 5.93. The zero-order chi connectivity index (χ0) is 13.4. The molecule has 0 bridgehead atoms. The smallest absolute Gasteiger partial charge is 0.0440 e. The van der Waals surface area contributed by atoms with Gasteiger partial charge in [-0.1, -0.05) is 13.8 Å². The lowest BCUT2D eigenvalue weighted by Crippen LogP contribution is -2.24. The van der Waals surface area contributed by atoms with Crippen LogP contribution >= 0.6 is 11.8 Å². The quantitative estimate of drug-likeness (QED) is 0.784. The van der Waals surface area contributed by atoms with Gasteiger partial charge in [-0.25, -0.2) is 0 Å². The number of thioether (sulfide) groups is 1. The maximum atomic E-state index is 4.23. The Hall–Kier alpha value is -0.740. The monoisotopic (exact) mass is 267 g/mol. The van der Waals surface area contributed by atoms with Crippen molar-refractivity contribution in [2.24, 2.45) is 5.92 Å². The lowest BCUT2D eigenvalue weighted by atomic mass is 10.2. The number of pyridine rings is 1. The van der Waals surface area contributed by atoms with Crippen molar-refractivity contribution in [3.05, 3.63) is 24.0 Å². The molecule has 0 saturated carbocycles. The van der Waals surface area contributed by atoms with Crippen LogP contribution in [0.4, 0.5) is 5.69 Å². The summed E-state index contributed by atoms with van der Waals surface area (Å²) in [6.45, 7) is 7.46. The first-order valence-electron chi connectivity index (χ1n) is 6.48. The number of anilines is 1. The Kier molecular flexibility index (Phi) is 7.13. The van der Waals surface area contributed by atoms with Crippen molar-refractivity contribution in [2.45, 2.75) is 20.4 Å². The van der Waals surface area contributed by atoms with Crippen LogP contribution in [0.5, 0.6) is 0 Å². The summed E-state index contributed by atoms with van der Waals surface area (Å²) in [7, 11) is 2.15. The van der Waals surface area contributed by atoms with Crippen LogP contribution in [0.25, 0.3) is 0 Å². The van der Waals surface area contributed by atoms with Crippen molar-refractivity contribution >= 4 is 17.4 Å². The Balaban J connectivity index is 2.60. The van der Waals surface area contributed by atoms with E-state index in [4.69, 9.17) is 0 Å². The predicted octanol–water partition coefficient (Wildman–Crippen LogP) is 2.63. The van der Waals surface area contributed by atoms with E-state index in [1.54, 1.807) is 0 Å². The average molecular weight is 267 g/mol. The minimum absolute atomic E-state index is 0.680. The zero-order valence-electron chi connectivity index (χ0n) is 11.9. The van der Waals surface area contributed by atoms with E-state index in [0.717, 1.165) is 25.4 Å². The Morgan fingerprint density at radius 3 is 2.89 bits per heavy atom. The number of nitrogens with zero attached hydrogens (tertiary/aromatic N) is 2. The molecule has 3 nitrogen and oxygen atoms in total. The van der Waals surface area contributed by atoms with Gasteiger partial charge in [0.2, 0.25) is 0 Å². The lowest BCUT2D eigenvalue weighted by Gasteiger charge is -2.22. The first kappa shape index (κ1) is 15.3. The van der Waals surface area contributed by atoms with Crippen molar-refractivity contribution < 1.29 is 0 Å². The normalized spacial score (nSPS) is 10.9. The van der Waals surface area contributed by atoms with E-state index in [-0.39, 0.29) is 0 Å². The summed E-state index contributed by atoms with van der Waals surface area (Å²) in [4.78, 5) is 6.54. The van der Waals surface area contributed by atoms with Gasteiger partial charge in [0.05, 0.1) is 0 Å². The second-order valence-electron chi connectivity index (χ2n) is 4.94. The highest BCUT2D eigenvalue weighted by molar-refractivity contribution is 7.98. The van der Waals surface area contributed by atoms with E-state index in [1.165, 1.54) is 11.3 Å². The van der Waals surface area contributed by atoms with Gasteiger partial charge in [0.25, 0.3) is 0 Å². The lowest BCUT2D eigenvalue weighted by molar-refractivity contribution is 0.551.